The summed E-state index contributed by atoms with van der Waals surface area (Å²) in [6, 6.07) is 7.20. The molecular weight excluding hydrogens is 252 g/mol. The first-order valence-electron chi connectivity index (χ1n) is 5.35. The molecule has 0 aliphatic carbocycles. The number of aromatic nitrogens is 1. The Morgan fingerprint density at radius 2 is 2.06 bits per heavy atom. The van der Waals surface area contributed by atoms with Crippen molar-refractivity contribution in [1.29, 1.82) is 0 Å². The van der Waals surface area contributed by atoms with Crippen LogP contribution in [-0.4, -0.2) is 25.7 Å². The fraction of sp³-hybridized carbons (Fsp3) is 0.182. The summed E-state index contributed by atoms with van der Waals surface area (Å²) in [5.41, 5.74) is 7.88. The van der Waals surface area contributed by atoms with Gasteiger partial charge in [-0.05, 0) is 24.3 Å². The number of sulfonamides is 1. The number of fused-ring (bicyclic) bond motifs is 1. The van der Waals surface area contributed by atoms with Gasteiger partial charge in [0.15, 0.2) is 0 Å². The van der Waals surface area contributed by atoms with Crippen LogP contribution in [0.2, 0.25) is 0 Å². The minimum atomic E-state index is -3.46. The molecule has 0 spiro atoms. The summed E-state index contributed by atoms with van der Waals surface area (Å²) in [5, 5.41) is 8.81. The van der Waals surface area contributed by atoms with E-state index in [-0.39, 0.29) is 12.3 Å². The van der Waals surface area contributed by atoms with Gasteiger partial charge < -0.3 is 11.1 Å². The Hall–Kier alpha value is -1.86. The Labute approximate surface area is 105 Å². The molecule has 0 atom stereocenters. The van der Waals surface area contributed by atoms with E-state index in [1.165, 1.54) is 0 Å². The molecule has 96 valence electrons. The van der Waals surface area contributed by atoms with Crippen LogP contribution in [0.25, 0.3) is 10.9 Å². The van der Waals surface area contributed by atoms with E-state index in [2.05, 4.69) is 10.3 Å². The molecule has 0 amide bonds. The summed E-state index contributed by atoms with van der Waals surface area (Å²) in [4.78, 5) is 4.19. The van der Waals surface area contributed by atoms with Crippen LogP contribution in [-0.2, 0) is 10.0 Å². The number of anilines is 2. The molecule has 0 saturated carbocycles. The standard InChI is InChI=1S/C11H14N4O2S/c12-9-3-4-10(14-6-7-18(13,16)17)8-2-1-5-15-11(8)9/h1-5,14H,6-7,12H2,(H2,13,16,17). The molecule has 0 aliphatic rings. The third-order valence-electron chi connectivity index (χ3n) is 2.50. The maximum Gasteiger partial charge on any atom is 0.210 e. The molecule has 0 bridgehead atoms. The van der Waals surface area contributed by atoms with E-state index in [9.17, 15) is 8.42 Å². The summed E-state index contributed by atoms with van der Waals surface area (Å²) in [7, 11) is -3.46. The summed E-state index contributed by atoms with van der Waals surface area (Å²) in [6.07, 6.45) is 1.66. The Bertz CT molecular complexity index is 670. The summed E-state index contributed by atoms with van der Waals surface area (Å²) >= 11 is 0. The zero-order chi connectivity index (χ0) is 13.2. The second-order valence-corrected chi connectivity index (χ2v) is 5.63. The first kappa shape index (κ1) is 12.6. The van der Waals surface area contributed by atoms with Crippen molar-refractivity contribution in [3.63, 3.8) is 0 Å². The van der Waals surface area contributed by atoms with E-state index in [1.807, 2.05) is 6.07 Å². The molecule has 0 radical (unpaired) electrons. The van der Waals surface area contributed by atoms with Crippen LogP contribution in [0, 0.1) is 0 Å². The van der Waals surface area contributed by atoms with Crippen molar-refractivity contribution in [3.05, 3.63) is 30.5 Å². The second-order valence-electron chi connectivity index (χ2n) is 3.90. The summed E-state index contributed by atoms with van der Waals surface area (Å²) in [5.74, 6) is -0.126. The molecule has 18 heavy (non-hydrogen) atoms. The lowest BCUT2D eigenvalue weighted by atomic mass is 10.1. The minimum absolute atomic E-state index is 0.126. The SMILES string of the molecule is Nc1ccc(NCCS(N)(=O)=O)c2cccnc12. The van der Waals surface area contributed by atoms with Crippen LogP contribution in [0.3, 0.4) is 0 Å². The molecule has 2 aromatic rings. The van der Waals surface area contributed by atoms with Crippen molar-refractivity contribution < 1.29 is 8.42 Å². The average molecular weight is 266 g/mol. The Morgan fingerprint density at radius 1 is 1.28 bits per heavy atom. The second kappa shape index (κ2) is 4.79. The Kier molecular flexibility index (Phi) is 3.35. The van der Waals surface area contributed by atoms with Gasteiger partial charge in [0.25, 0.3) is 0 Å². The molecule has 0 saturated heterocycles. The number of rotatable bonds is 4. The van der Waals surface area contributed by atoms with E-state index in [4.69, 9.17) is 10.9 Å². The van der Waals surface area contributed by atoms with Crippen LogP contribution in [0.15, 0.2) is 30.5 Å². The molecule has 1 aromatic carbocycles. The van der Waals surface area contributed by atoms with E-state index in [0.29, 0.717) is 11.2 Å². The highest BCUT2D eigenvalue weighted by atomic mass is 32.2. The van der Waals surface area contributed by atoms with Crippen molar-refractivity contribution >= 4 is 32.3 Å². The smallest absolute Gasteiger partial charge is 0.210 e. The third kappa shape index (κ3) is 2.88. The van der Waals surface area contributed by atoms with Crippen LogP contribution in [0.4, 0.5) is 11.4 Å². The predicted octanol–water partition coefficient (Wildman–Crippen LogP) is 0.517. The lowest BCUT2D eigenvalue weighted by Gasteiger charge is -2.10. The molecule has 0 unspecified atom stereocenters. The molecule has 7 heteroatoms. The quantitative estimate of drug-likeness (QED) is 0.698. The highest BCUT2D eigenvalue weighted by Crippen LogP contribution is 2.26. The molecule has 2 rings (SSSR count). The molecule has 1 aromatic heterocycles. The van der Waals surface area contributed by atoms with Gasteiger partial charge >= 0.3 is 0 Å². The number of primary sulfonamides is 1. The maximum atomic E-state index is 10.8. The number of pyridine rings is 1. The summed E-state index contributed by atoms with van der Waals surface area (Å²) in [6.45, 7) is 0.243. The Balaban J connectivity index is 2.26. The van der Waals surface area contributed by atoms with Crippen LogP contribution < -0.4 is 16.2 Å². The largest absolute Gasteiger partial charge is 0.397 e. The van der Waals surface area contributed by atoms with E-state index >= 15 is 0 Å². The first-order chi connectivity index (χ1) is 8.47. The lowest BCUT2D eigenvalue weighted by Crippen LogP contribution is -2.22. The van der Waals surface area contributed by atoms with Crippen molar-refractivity contribution in [2.45, 2.75) is 0 Å². The van der Waals surface area contributed by atoms with Gasteiger partial charge in [-0.25, -0.2) is 13.6 Å². The zero-order valence-electron chi connectivity index (χ0n) is 9.63. The monoisotopic (exact) mass is 266 g/mol. The number of hydrogen-bond acceptors (Lipinski definition) is 5. The molecule has 5 N–H and O–H groups in total. The fourth-order valence-electron chi connectivity index (χ4n) is 1.68. The van der Waals surface area contributed by atoms with E-state index in [0.717, 1.165) is 11.1 Å². The minimum Gasteiger partial charge on any atom is -0.397 e. The van der Waals surface area contributed by atoms with Gasteiger partial charge in [-0.1, -0.05) is 0 Å². The number of nitrogens with zero attached hydrogens (tertiary/aromatic N) is 1. The van der Waals surface area contributed by atoms with Gasteiger partial charge in [0, 0.05) is 23.8 Å². The van der Waals surface area contributed by atoms with Crippen LogP contribution >= 0.6 is 0 Å². The Morgan fingerprint density at radius 3 is 2.78 bits per heavy atom. The van der Waals surface area contributed by atoms with Gasteiger partial charge in [0.1, 0.15) is 0 Å². The van der Waals surface area contributed by atoms with Crippen molar-refractivity contribution in [2.24, 2.45) is 5.14 Å². The highest BCUT2D eigenvalue weighted by Gasteiger charge is 2.06. The van der Waals surface area contributed by atoms with Crippen LogP contribution in [0.1, 0.15) is 0 Å². The first-order valence-corrected chi connectivity index (χ1v) is 7.06. The maximum absolute atomic E-state index is 10.8. The fourth-order valence-corrected chi connectivity index (χ4v) is 2.06. The molecule has 0 fully saturated rings. The van der Waals surface area contributed by atoms with E-state index in [1.54, 1.807) is 24.4 Å². The number of nitrogens with two attached hydrogens (primary N) is 2. The molecular formula is C11H14N4O2S. The number of benzene rings is 1. The average Bonchev–Trinajstić information content (AvgIpc) is 2.31. The highest BCUT2D eigenvalue weighted by molar-refractivity contribution is 7.89. The van der Waals surface area contributed by atoms with Crippen LogP contribution in [0.5, 0.6) is 0 Å². The molecule has 6 nitrogen and oxygen atoms in total. The van der Waals surface area contributed by atoms with Gasteiger partial charge in [-0.15, -0.1) is 0 Å². The van der Waals surface area contributed by atoms with Crippen molar-refractivity contribution in [2.75, 3.05) is 23.3 Å². The third-order valence-corrected chi connectivity index (χ3v) is 3.28. The summed E-state index contributed by atoms with van der Waals surface area (Å²) < 4.78 is 21.7. The van der Waals surface area contributed by atoms with Gasteiger partial charge in [0.05, 0.1) is 17.0 Å². The topological polar surface area (TPSA) is 111 Å². The zero-order valence-corrected chi connectivity index (χ0v) is 10.4. The van der Waals surface area contributed by atoms with E-state index < -0.39 is 10.0 Å². The number of nitrogens with one attached hydrogen (secondary N) is 1. The molecule has 1 heterocycles. The van der Waals surface area contributed by atoms with Crippen molar-refractivity contribution in [3.8, 4) is 0 Å². The van der Waals surface area contributed by atoms with Gasteiger partial charge in [0.2, 0.25) is 10.0 Å². The van der Waals surface area contributed by atoms with Gasteiger partial charge in [-0.3, -0.25) is 4.98 Å². The van der Waals surface area contributed by atoms with Gasteiger partial charge in [-0.2, -0.15) is 0 Å². The number of hydrogen-bond donors (Lipinski definition) is 3. The predicted molar refractivity (Wildman–Crippen MR) is 72.6 cm³/mol. The van der Waals surface area contributed by atoms with Crippen molar-refractivity contribution in [1.82, 2.24) is 4.98 Å². The number of nitrogen functional groups attached to an aromatic ring is 1. The molecule has 0 aliphatic heterocycles. The normalized spacial score (nSPS) is 11.6. The lowest BCUT2D eigenvalue weighted by molar-refractivity contribution is 0.598.